The maximum Gasteiger partial charge on any atom is 0.220 e. The largest absolute Gasteiger partial charge is 0.496 e. The van der Waals surface area contributed by atoms with Gasteiger partial charge >= 0.3 is 0 Å². The van der Waals surface area contributed by atoms with Crippen molar-refractivity contribution in [2.75, 3.05) is 13.7 Å². The van der Waals surface area contributed by atoms with Gasteiger partial charge < -0.3 is 15.8 Å². The molecule has 0 saturated heterocycles. The van der Waals surface area contributed by atoms with Gasteiger partial charge in [-0.1, -0.05) is 30.5 Å². The fourth-order valence-electron chi connectivity index (χ4n) is 1.93. The molecule has 0 unspecified atom stereocenters. The van der Waals surface area contributed by atoms with Crippen LogP contribution >= 0.6 is 11.6 Å². The topological polar surface area (TPSA) is 64.3 Å². The third-order valence-corrected chi connectivity index (χ3v) is 3.32. The summed E-state index contributed by atoms with van der Waals surface area (Å²) >= 11 is 5.89. The molecule has 0 spiro atoms. The molecule has 0 heterocycles. The smallest absolute Gasteiger partial charge is 0.220 e. The van der Waals surface area contributed by atoms with E-state index in [1.165, 1.54) is 0 Å². The van der Waals surface area contributed by atoms with E-state index in [0.29, 0.717) is 23.7 Å². The van der Waals surface area contributed by atoms with E-state index < -0.39 is 0 Å². The van der Waals surface area contributed by atoms with Crippen molar-refractivity contribution in [3.05, 3.63) is 28.8 Å². The van der Waals surface area contributed by atoms with Gasteiger partial charge in [-0.2, -0.15) is 0 Å². The average Bonchev–Trinajstić information content (AvgIpc) is 2.45. The van der Waals surface area contributed by atoms with Crippen LogP contribution in [-0.2, 0) is 11.3 Å². The van der Waals surface area contributed by atoms with Crippen molar-refractivity contribution in [3.63, 3.8) is 0 Å². The monoisotopic (exact) mass is 298 g/mol. The zero-order valence-electron chi connectivity index (χ0n) is 12.0. The second kappa shape index (κ2) is 9.61. The van der Waals surface area contributed by atoms with Crippen molar-refractivity contribution >= 4 is 17.5 Å². The average molecular weight is 299 g/mol. The van der Waals surface area contributed by atoms with Crippen LogP contribution in [0.5, 0.6) is 5.75 Å². The molecule has 1 aromatic rings. The van der Waals surface area contributed by atoms with Crippen LogP contribution in [0, 0.1) is 0 Å². The van der Waals surface area contributed by atoms with Crippen LogP contribution in [0.15, 0.2) is 18.2 Å². The predicted molar refractivity (Wildman–Crippen MR) is 82.0 cm³/mol. The highest BCUT2D eigenvalue weighted by Gasteiger charge is 2.06. The number of hydrogen-bond acceptors (Lipinski definition) is 3. The van der Waals surface area contributed by atoms with Gasteiger partial charge in [0.15, 0.2) is 0 Å². The van der Waals surface area contributed by atoms with E-state index in [1.807, 2.05) is 6.07 Å². The highest BCUT2D eigenvalue weighted by Crippen LogP contribution is 2.22. The highest BCUT2D eigenvalue weighted by molar-refractivity contribution is 6.30. The SMILES string of the molecule is COc1cc(Cl)ccc1CNC(=O)CCCCCCN. The number of benzene rings is 1. The summed E-state index contributed by atoms with van der Waals surface area (Å²) in [6.45, 7) is 1.19. The first-order valence-electron chi connectivity index (χ1n) is 6.96. The van der Waals surface area contributed by atoms with E-state index in [2.05, 4.69) is 5.32 Å². The second-order valence-corrected chi connectivity index (χ2v) is 5.12. The lowest BCUT2D eigenvalue weighted by Gasteiger charge is -2.10. The fourth-order valence-corrected chi connectivity index (χ4v) is 2.09. The van der Waals surface area contributed by atoms with Crippen LogP contribution in [0.25, 0.3) is 0 Å². The first-order chi connectivity index (χ1) is 9.67. The summed E-state index contributed by atoms with van der Waals surface area (Å²) < 4.78 is 5.24. The Morgan fingerprint density at radius 3 is 2.75 bits per heavy atom. The van der Waals surface area contributed by atoms with Gasteiger partial charge in [-0.25, -0.2) is 0 Å². The molecule has 0 aliphatic carbocycles. The van der Waals surface area contributed by atoms with Crippen LogP contribution in [-0.4, -0.2) is 19.6 Å². The van der Waals surface area contributed by atoms with Crippen molar-refractivity contribution < 1.29 is 9.53 Å². The number of methoxy groups -OCH3 is 1. The van der Waals surface area contributed by atoms with Crippen molar-refractivity contribution in [2.45, 2.75) is 38.6 Å². The number of hydrogen-bond donors (Lipinski definition) is 2. The number of nitrogens with two attached hydrogens (primary N) is 1. The molecule has 3 N–H and O–H groups in total. The zero-order chi connectivity index (χ0) is 14.8. The third-order valence-electron chi connectivity index (χ3n) is 3.08. The molecule has 0 atom stereocenters. The Hall–Kier alpha value is -1.26. The molecule has 0 aliphatic rings. The molecular formula is C15H23ClN2O2. The van der Waals surface area contributed by atoms with E-state index >= 15 is 0 Å². The number of amides is 1. The van der Waals surface area contributed by atoms with Gasteiger partial charge in [0.05, 0.1) is 7.11 Å². The highest BCUT2D eigenvalue weighted by atomic mass is 35.5. The zero-order valence-corrected chi connectivity index (χ0v) is 12.7. The van der Waals surface area contributed by atoms with E-state index in [9.17, 15) is 4.79 Å². The van der Waals surface area contributed by atoms with Crippen molar-refractivity contribution in [3.8, 4) is 5.75 Å². The molecule has 0 saturated carbocycles. The minimum Gasteiger partial charge on any atom is -0.496 e. The van der Waals surface area contributed by atoms with E-state index in [4.69, 9.17) is 22.1 Å². The Labute approximate surface area is 125 Å². The summed E-state index contributed by atoms with van der Waals surface area (Å²) in [6, 6.07) is 5.40. The van der Waals surface area contributed by atoms with Gasteiger partial charge in [-0.15, -0.1) is 0 Å². The number of halogens is 1. The normalized spacial score (nSPS) is 10.3. The molecule has 0 aromatic heterocycles. The summed E-state index contributed by atoms with van der Waals surface area (Å²) in [5, 5.41) is 3.52. The summed E-state index contributed by atoms with van der Waals surface area (Å²) in [6.07, 6.45) is 4.64. The van der Waals surface area contributed by atoms with Crippen LogP contribution in [0.1, 0.15) is 37.7 Å². The molecule has 0 bridgehead atoms. The molecule has 1 rings (SSSR count). The lowest BCUT2D eigenvalue weighted by molar-refractivity contribution is -0.121. The molecular weight excluding hydrogens is 276 g/mol. The Bertz CT molecular complexity index is 424. The number of unbranched alkanes of at least 4 members (excludes halogenated alkanes) is 3. The Balaban J connectivity index is 2.30. The predicted octanol–water partition coefficient (Wildman–Crippen LogP) is 2.87. The molecule has 4 nitrogen and oxygen atoms in total. The van der Waals surface area contributed by atoms with Gasteiger partial charge in [-0.3, -0.25) is 4.79 Å². The quantitative estimate of drug-likeness (QED) is 0.689. The number of ether oxygens (including phenoxy) is 1. The van der Waals surface area contributed by atoms with Gasteiger partial charge in [0.25, 0.3) is 0 Å². The minimum atomic E-state index is 0.0646. The van der Waals surface area contributed by atoms with Crippen LogP contribution in [0.2, 0.25) is 5.02 Å². The second-order valence-electron chi connectivity index (χ2n) is 4.69. The Kier molecular flexibility index (Phi) is 8.07. The number of rotatable bonds is 9. The standard InChI is InChI=1S/C15H23ClN2O2/c1-20-14-10-13(16)8-7-12(14)11-18-15(19)6-4-2-3-5-9-17/h7-8,10H,2-6,9,11,17H2,1H3,(H,18,19). The van der Waals surface area contributed by atoms with E-state index in [1.54, 1.807) is 19.2 Å². The number of carbonyl (C=O) groups is 1. The molecule has 1 aromatic carbocycles. The van der Waals surface area contributed by atoms with Crippen molar-refractivity contribution in [1.82, 2.24) is 5.32 Å². The first-order valence-corrected chi connectivity index (χ1v) is 7.34. The van der Waals surface area contributed by atoms with Crippen LogP contribution < -0.4 is 15.8 Å². The summed E-state index contributed by atoms with van der Waals surface area (Å²) in [4.78, 5) is 11.7. The summed E-state index contributed by atoms with van der Waals surface area (Å²) in [5.41, 5.74) is 6.34. The maximum absolute atomic E-state index is 11.7. The lowest BCUT2D eigenvalue weighted by atomic mass is 10.1. The molecule has 20 heavy (non-hydrogen) atoms. The lowest BCUT2D eigenvalue weighted by Crippen LogP contribution is -2.22. The van der Waals surface area contributed by atoms with Gasteiger partial charge in [0.1, 0.15) is 5.75 Å². The van der Waals surface area contributed by atoms with Crippen molar-refractivity contribution in [2.24, 2.45) is 5.73 Å². The Morgan fingerprint density at radius 1 is 1.30 bits per heavy atom. The maximum atomic E-state index is 11.7. The summed E-state index contributed by atoms with van der Waals surface area (Å²) in [5.74, 6) is 0.760. The molecule has 112 valence electrons. The summed E-state index contributed by atoms with van der Waals surface area (Å²) in [7, 11) is 1.59. The van der Waals surface area contributed by atoms with Crippen LogP contribution in [0.3, 0.4) is 0 Å². The van der Waals surface area contributed by atoms with Gasteiger partial charge in [-0.05, 0) is 31.5 Å². The minimum absolute atomic E-state index is 0.0646. The first kappa shape index (κ1) is 16.8. The van der Waals surface area contributed by atoms with Gasteiger partial charge in [0.2, 0.25) is 5.91 Å². The number of carbonyl (C=O) groups excluding carboxylic acids is 1. The fraction of sp³-hybridized carbons (Fsp3) is 0.533. The van der Waals surface area contributed by atoms with Crippen molar-refractivity contribution in [1.29, 1.82) is 0 Å². The molecule has 1 amide bonds. The molecule has 0 aliphatic heterocycles. The molecule has 0 fully saturated rings. The molecule has 5 heteroatoms. The van der Waals surface area contributed by atoms with E-state index in [0.717, 1.165) is 37.8 Å². The molecule has 0 radical (unpaired) electrons. The third kappa shape index (κ3) is 6.26. The van der Waals surface area contributed by atoms with Gasteiger partial charge in [0, 0.05) is 23.6 Å². The van der Waals surface area contributed by atoms with Crippen LogP contribution in [0.4, 0.5) is 0 Å². The van der Waals surface area contributed by atoms with E-state index in [-0.39, 0.29) is 5.91 Å². The number of nitrogens with one attached hydrogen (secondary N) is 1. The Morgan fingerprint density at radius 2 is 2.05 bits per heavy atom.